The van der Waals surface area contributed by atoms with Crippen LogP contribution in [0.1, 0.15) is 23.2 Å². The Morgan fingerprint density at radius 2 is 2.08 bits per heavy atom. The van der Waals surface area contributed by atoms with E-state index in [2.05, 4.69) is 14.9 Å². The monoisotopic (exact) mass is 363 g/mol. The van der Waals surface area contributed by atoms with E-state index >= 15 is 0 Å². The number of carbonyl (C=O) groups excluding carboxylic acids is 1. The number of hydrogen-bond acceptors (Lipinski definition) is 7. The first-order valence-electron chi connectivity index (χ1n) is 6.88. The molecule has 0 aliphatic rings. The highest BCUT2D eigenvalue weighted by molar-refractivity contribution is 7.94. The van der Waals surface area contributed by atoms with E-state index in [1.807, 2.05) is 0 Å². The lowest BCUT2D eigenvalue weighted by atomic mass is 10.1. The molecule has 0 fully saturated rings. The molecular formula is C15H13N3O4S2. The molecule has 1 aromatic carbocycles. The van der Waals surface area contributed by atoms with Gasteiger partial charge >= 0.3 is 0 Å². The van der Waals surface area contributed by atoms with Gasteiger partial charge in [-0.1, -0.05) is 17.3 Å². The summed E-state index contributed by atoms with van der Waals surface area (Å²) in [7, 11) is -3.77. The Balaban J connectivity index is 1.87. The van der Waals surface area contributed by atoms with E-state index in [0.717, 1.165) is 11.3 Å². The molecule has 2 heterocycles. The van der Waals surface area contributed by atoms with E-state index in [-0.39, 0.29) is 9.99 Å². The predicted octanol–water partition coefficient (Wildman–Crippen LogP) is 3.11. The first-order valence-corrected chi connectivity index (χ1v) is 9.24. The van der Waals surface area contributed by atoms with Gasteiger partial charge in [-0.25, -0.2) is 8.42 Å². The molecule has 0 aliphatic heterocycles. The Kier molecular flexibility index (Phi) is 4.20. The summed E-state index contributed by atoms with van der Waals surface area (Å²) in [6.45, 7) is 3.08. The van der Waals surface area contributed by atoms with Gasteiger partial charge in [-0.2, -0.15) is 4.98 Å². The Bertz CT molecular complexity index is 1010. The molecule has 0 atom stereocenters. The van der Waals surface area contributed by atoms with E-state index in [4.69, 9.17) is 4.52 Å². The number of Topliss-reactive ketones (excluding diaryl/α,β-unsaturated/α-hetero) is 1. The molecule has 0 saturated heterocycles. The van der Waals surface area contributed by atoms with Crippen LogP contribution in [-0.2, 0) is 10.0 Å². The van der Waals surface area contributed by atoms with Crippen LogP contribution in [0.4, 0.5) is 5.69 Å². The number of thiophene rings is 1. The number of nitrogens with one attached hydrogen (secondary N) is 1. The Morgan fingerprint density at radius 1 is 1.29 bits per heavy atom. The number of anilines is 1. The third kappa shape index (κ3) is 3.36. The molecule has 0 bridgehead atoms. The molecule has 124 valence electrons. The topological polar surface area (TPSA) is 102 Å². The third-order valence-electron chi connectivity index (χ3n) is 3.15. The maximum absolute atomic E-state index is 12.5. The van der Waals surface area contributed by atoms with Crippen molar-refractivity contribution >= 4 is 32.8 Å². The van der Waals surface area contributed by atoms with E-state index in [9.17, 15) is 13.2 Å². The van der Waals surface area contributed by atoms with Crippen molar-refractivity contribution in [1.82, 2.24) is 10.1 Å². The molecule has 2 aromatic heterocycles. The summed E-state index contributed by atoms with van der Waals surface area (Å²) in [5.74, 6) is 0.602. The van der Waals surface area contributed by atoms with Crippen LogP contribution in [0.3, 0.4) is 0 Å². The van der Waals surface area contributed by atoms with Gasteiger partial charge in [-0.15, -0.1) is 11.3 Å². The molecule has 1 N–H and O–H groups in total. The molecule has 3 rings (SSSR count). The SMILES string of the molecule is CC(=O)c1cccc(NS(=O)(=O)c2cc(-c3noc(C)n3)cs2)c1. The summed E-state index contributed by atoms with van der Waals surface area (Å²) in [6.07, 6.45) is 0. The summed E-state index contributed by atoms with van der Waals surface area (Å²) in [6, 6.07) is 7.81. The fourth-order valence-electron chi connectivity index (χ4n) is 2.00. The second-order valence-electron chi connectivity index (χ2n) is 5.03. The first kappa shape index (κ1) is 16.3. The van der Waals surface area contributed by atoms with Gasteiger partial charge in [0.2, 0.25) is 11.7 Å². The molecule has 0 aliphatic carbocycles. The van der Waals surface area contributed by atoms with Gasteiger partial charge in [0.05, 0.1) is 0 Å². The first-order chi connectivity index (χ1) is 11.3. The number of carbonyl (C=O) groups is 1. The highest BCUT2D eigenvalue weighted by atomic mass is 32.2. The number of aryl methyl sites for hydroxylation is 1. The van der Waals surface area contributed by atoms with Crippen LogP contribution < -0.4 is 4.72 Å². The number of benzene rings is 1. The molecular weight excluding hydrogens is 350 g/mol. The quantitative estimate of drug-likeness (QED) is 0.699. The van der Waals surface area contributed by atoms with Crippen LogP contribution in [-0.4, -0.2) is 24.3 Å². The molecule has 0 unspecified atom stereocenters. The molecule has 0 saturated carbocycles. The lowest BCUT2D eigenvalue weighted by Gasteiger charge is -2.07. The van der Waals surface area contributed by atoms with Crippen LogP contribution in [0.2, 0.25) is 0 Å². The lowest BCUT2D eigenvalue weighted by Crippen LogP contribution is -2.11. The summed E-state index contributed by atoms with van der Waals surface area (Å²) in [4.78, 5) is 15.5. The zero-order valence-corrected chi connectivity index (χ0v) is 14.4. The largest absolute Gasteiger partial charge is 0.339 e. The van der Waals surface area contributed by atoms with E-state index in [1.54, 1.807) is 30.5 Å². The zero-order valence-electron chi connectivity index (χ0n) is 12.8. The Morgan fingerprint density at radius 3 is 2.75 bits per heavy atom. The molecule has 3 aromatic rings. The van der Waals surface area contributed by atoms with Gasteiger partial charge in [-0.3, -0.25) is 9.52 Å². The minimum absolute atomic E-state index is 0.119. The van der Waals surface area contributed by atoms with E-state index in [1.165, 1.54) is 19.1 Å². The summed E-state index contributed by atoms with van der Waals surface area (Å²) >= 11 is 1.05. The second kappa shape index (κ2) is 6.17. The molecule has 7 nitrogen and oxygen atoms in total. The normalized spacial score (nSPS) is 11.4. The van der Waals surface area contributed by atoms with Crippen LogP contribution in [0.25, 0.3) is 11.4 Å². The van der Waals surface area contributed by atoms with Crippen molar-refractivity contribution < 1.29 is 17.7 Å². The van der Waals surface area contributed by atoms with Crippen molar-refractivity contribution in [2.24, 2.45) is 0 Å². The van der Waals surface area contributed by atoms with E-state index in [0.29, 0.717) is 28.5 Å². The smallest absolute Gasteiger partial charge is 0.271 e. The maximum Gasteiger partial charge on any atom is 0.271 e. The van der Waals surface area contributed by atoms with Gasteiger partial charge in [0.1, 0.15) is 4.21 Å². The van der Waals surface area contributed by atoms with Crippen LogP contribution >= 0.6 is 11.3 Å². The van der Waals surface area contributed by atoms with Crippen LogP contribution in [0, 0.1) is 6.92 Å². The van der Waals surface area contributed by atoms with Gasteiger partial charge in [0.15, 0.2) is 5.78 Å². The average molecular weight is 363 g/mol. The average Bonchev–Trinajstić information content (AvgIpc) is 3.16. The molecule has 24 heavy (non-hydrogen) atoms. The molecule has 0 spiro atoms. The lowest BCUT2D eigenvalue weighted by molar-refractivity contribution is 0.101. The third-order valence-corrected chi connectivity index (χ3v) is 5.97. The zero-order chi connectivity index (χ0) is 17.3. The molecule has 0 amide bonds. The van der Waals surface area contributed by atoms with Crippen molar-refractivity contribution in [3.63, 3.8) is 0 Å². The highest BCUT2D eigenvalue weighted by Crippen LogP contribution is 2.28. The number of nitrogens with zero attached hydrogens (tertiary/aromatic N) is 2. The predicted molar refractivity (Wildman–Crippen MR) is 89.6 cm³/mol. The number of aromatic nitrogens is 2. The van der Waals surface area contributed by atoms with Crippen molar-refractivity contribution in [3.05, 3.63) is 47.2 Å². The summed E-state index contributed by atoms with van der Waals surface area (Å²) in [5.41, 5.74) is 1.33. The molecule has 0 radical (unpaired) electrons. The minimum Gasteiger partial charge on any atom is -0.339 e. The van der Waals surface area contributed by atoms with Crippen molar-refractivity contribution in [3.8, 4) is 11.4 Å². The van der Waals surface area contributed by atoms with Gasteiger partial charge < -0.3 is 4.52 Å². The van der Waals surface area contributed by atoms with Crippen molar-refractivity contribution in [2.75, 3.05) is 4.72 Å². The van der Waals surface area contributed by atoms with Crippen LogP contribution in [0.5, 0.6) is 0 Å². The number of ketones is 1. The van der Waals surface area contributed by atoms with Gasteiger partial charge in [0, 0.05) is 29.1 Å². The van der Waals surface area contributed by atoms with Gasteiger partial charge in [-0.05, 0) is 25.1 Å². The fraction of sp³-hybridized carbons (Fsp3) is 0.133. The fourth-order valence-corrected chi connectivity index (χ4v) is 4.21. The second-order valence-corrected chi connectivity index (χ2v) is 7.85. The number of rotatable bonds is 5. The van der Waals surface area contributed by atoms with Crippen LogP contribution in [0.15, 0.2) is 44.4 Å². The molecule has 9 heteroatoms. The van der Waals surface area contributed by atoms with E-state index < -0.39 is 10.0 Å². The summed E-state index contributed by atoms with van der Waals surface area (Å²) in [5, 5.41) is 5.41. The Labute approximate surface area is 142 Å². The highest BCUT2D eigenvalue weighted by Gasteiger charge is 2.19. The van der Waals surface area contributed by atoms with Crippen molar-refractivity contribution in [1.29, 1.82) is 0 Å². The standard InChI is InChI=1S/C15H13N3O4S2/c1-9(19)11-4-3-5-13(6-11)18-24(20,21)14-7-12(8-23-14)15-16-10(2)22-17-15/h3-8,18H,1-2H3. The number of sulfonamides is 1. The minimum atomic E-state index is -3.77. The summed E-state index contributed by atoms with van der Waals surface area (Å²) < 4.78 is 32.4. The maximum atomic E-state index is 12.5. The van der Waals surface area contributed by atoms with Crippen molar-refractivity contribution in [2.45, 2.75) is 18.1 Å². The van der Waals surface area contributed by atoms with Gasteiger partial charge in [0.25, 0.3) is 10.0 Å². The Hall–Kier alpha value is -2.52. The number of hydrogen-bond donors (Lipinski definition) is 1.